The van der Waals surface area contributed by atoms with Crippen LogP contribution in [0.2, 0.25) is 0 Å². The Morgan fingerprint density at radius 3 is 2.52 bits per heavy atom. The van der Waals surface area contributed by atoms with Gasteiger partial charge in [-0.1, -0.05) is 12.1 Å². The van der Waals surface area contributed by atoms with Crippen molar-refractivity contribution >= 4 is 29.3 Å². The van der Waals surface area contributed by atoms with Gasteiger partial charge in [0, 0.05) is 44.5 Å². The molecule has 9 heteroatoms. The van der Waals surface area contributed by atoms with Crippen LogP contribution < -0.4 is 10.2 Å². The van der Waals surface area contributed by atoms with Crippen molar-refractivity contribution in [3.63, 3.8) is 0 Å². The van der Waals surface area contributed by atoms with E-state index in [0.717, 1.165) is 23.4 Å². The summed E-state index contributed by atoms with van der Waals surface area (Å²) >= 11 is 0. The molecule has 1 saturated heterocycles. The van der Waals surface area contributed by atoms with E-state index in [1.807, 2.05) is 21.9 Å². The van der Waals surface area contributed by atoms with Crippen LogP contribution in [0.1, 0.15) is 16.7 Å². The van der Waals surface area contributed by atoms with Gasteiger partial charge in [0.1, 0.15) is 5.82 Å². The second-order valence-electron chi connectivity index (χ2n) is 7.60. The fourth-order valence-electron chi connectivity index (χ4n) is 3.70. The molecule has 0 unspecified atom stereocenters. The van der Waals surface area contributed by atoms with Crippen LogP contribution in [0.15, 0.2) is 42.6 Å². The number of ketones is 1. The minimum atomic E-state index is -4.40. The molecule has 0 atom stereocenters. The van der Waals surface area contributed by atoms with E-state index in [0.29, 0.717) is 44.1 Å². The predicted molar refractivity (Wildman–Crippen MR) is 111 cm³/mol. The fourth-order valence-corrected chi connectivity index (χ4v) is 3.70. The van der Waals surface area contributed by atoms with E-state index in [2.05, 4.69) is 10.3 Å². The molecule has 0 radical (unpaired) electrons. The topological polar surface area (TPSA) is 65.5 Å². The Balaban J connectivity index is 1.28. The fraction of sp³-hybridized carbons (Fsp3) is 0.318. The SMILES string of the molecule is O=C1C=Cc2cc(NC(=O)CN3CCN(c4ccc(C(F)(F)F)cn4)CC3)ccc2C1. The summed E-state index contributed by atoms with van der Waals surface area (Å²) < 4.78 is 38.0. The van der Waals surface area contributed by atoms with E-state index < -0.39 is 11.7 Å². The summed E-state index contributed by atoms with van der Waals surface area (Å²) in [6.07, 6.45) is 0.116. The molecule has 2 aromatic rings. The summed E-state index contributed by atoms with van der Waals surface area (Å²) in [6, 6.07) is 7.90. The highest BCUT2D eigenvalue weighted by atomic mass is 19.4. The highest BCUT2D eigenvalue weighted by Crippen LogP contribution is 2.29. The Kier molecular flexibility index (Phi) is 5.77. The normalized spacial score (nSPS) is 16.9. The summed E-state index contributed by atoms with van der Waals surface area (Å²) in [5.41, 5.74) is 1.78. The number of pyridine rings is 1. The number of halogens is 3. The Bertz CT molecular complexity index is 1010. The van der Waals surface area contributed by atoms with Gasteiger partial charge in [0.15, 0.2) is 5.78 Å². The Hall–Kier alpha value is -3.20. The third kappa shape index (κ3) is 5.11. The van der Waals surface area contributed by atoms with Crippen LogP contribution in [-0.4, -0.2) is 54.3 Å². The number of anilines is 2. The minimum Gasteiger partial charge on any atom is -0.354 e. The van der Waals surface area contributed by atoms with Crippen molar-refractivity contribution in [1.29, 1.82) is 0 Å². The maximum Gasteiger partial charge on any atom is 0.417 e. The van der Waals surface area contributed by atoms with Gasteiger partial charge in [-0.15, -0.1) is 0 Å². The van der Waals surface area contributed by atoms with Gasteiger partial charge >= 0.3 is 6.18 Å². The number of fused-ring (bicyclic) bond motifs is 1. The van der Waals surface area contributed by atoms with E-state index in [1.54, 1.807) is 18.2 Å². The third-order valence-electron chi connectivity index (χ3n) is 5.38. The number of carbonyl (C=O) groups is 2. The first-order valence-electron chi connectivity index (χ1n) is 9.92. The average molecular weight is 430 g/mol. The number of alkyl halides is 3. The first-order valence-corrected chi connectivity index (χ1v) is 9.92. The molecule has 31 heavy (non-hydrogen) atoms. The van der Waals surface area contributed by atoms with E-state index in [4.69, 9.17) is 0 Å². The van der Waals surface area contributed by atoms with Crippen LogP contribution in [0, 0.1) is 0 Å². The molecule has 1 aliphatic carbocycles. The van der Waals surface area contributed by atoms with Crippen molar-refractivity contribution < 1.29 is 22.8 Å². The quantitative estimate of drug-likeness (QED) is 0.808. The number of carbonyl (C=O) groups excluding carboxylic acids is 2. The maximum atomic E-state index is 12.7. The molecule has 1 aromatic heterocycles. The first kappa shape index (κ1) is 21.0. The lowest BCUT2D eigenvalue weighted by Gasteiger charge is -2.35. The zero-order chi connectivity index (χ0) is 22.0. The van der Waals surface area contributed by atoms with Crippen LogP contribution in [-0.2, 0) is 22.2 Å². The smallest absolute Gasteiger partial charge is 0.354 e. The molecule has 0 bridgehead atoms. The molecule has 162 valence electrons. The first-order chi connectivity index (χ1) is 14.8. The minimum absolute atomic E-state index is 0.0647. The Morgan fingerprint density at radius 1 is 1.06 bits per heavy atom. The summed E-state index contributed by atoms with van der Waals surface area (Å²) in [4.78, 5) is 31.7. The summed E-state index contributed by atoms with van der Waals surface area (Å²) in [5, 5.41) is 2.88. The van der Waals surface area contributed by atoms with Crippen LogP contribution in [0.3, 0.4) is 0 Å². The predicted octanol–water partition coefficient (Wildman–Crippen LogP) is 3.00. The van der Waals surface area contributed by atoms with E-state index in [-0.39, 0.29) is 18.2 Å². The lowest BCUT2D eigenvalue weighted by Crippen LogP contribution is -2.48. The number of aromatic nitrogens is 1. The molecule has 6 nitrogen and oxygen atoms in total. The summed E-state index contributed by atoms with van der Waals surface area (Å²) in [5.74, 6) is 0.421. The van der Waals surface area contributed by atoms with Gasteiger partial charge in [-0.25, -0.2) is 4.98 Å². The molecular formula is C22H21F3N4O2. The number of nitrogens with one attached hydrogen (secondary N) is 1. The van der Waals surface area contributed by atoms with E-state index >= 15 is 0 Å². The molecule has 1 N–H and O–H groups in total. The number of hydrogen-bond donors (Lipinski definition) is 1. The molecule has 2 heterocycles. The molecule has 1 aromatic carbocycles. The van der Waals surface area contributed by atoms with Crippen molar-refractivity contribution in [2.24, 2.45) is 0 Å². The van der Waals surface area contributed by atoms with Gasteiger partial charge in [0.25, 0.3) is 0 Å². The van der Waals surface area contributed by atoms with Crippen molar-refractivity contribution in [1.82, 2.24) is 9.88 Å². The second kappa shape index (κ2) is 8.50. The monoisotopic (exact) mass is 430 g/mol. The average Bonchev–Trinajstić information content (AvgIpc) is 2.74. The van der Waals surface area contributed by atoms with Gasteiger partial charge in [0.05, 0.1) is 12.1 Å². The highest BCUT2D eigenvalue weighted by Gasteiger charge is 2.31. The standard InChI is InChI=1S/C22H21F3N4O2/c23-22(24,25)17-3-6-20(26-13-17)29-9-7-28(8-10-29)14-21(31)27-18-4-1-16-12-19(30)5-2-15(16)11-18/h1-6,11,13H,7-10,12,14H2,(H,27,31). The van der Waals surface area contributed by atoms with E-state index in [9.17, 15) is 22.8 Å². The number of hydrogen-bond acceptors (Lipinski definition) is 5. The van der Waals surface area contributed by atoms with Gasteiger partial charge in [-0.3, -0.25) is 14.5 Å². The lowest BCUT2D eigenvalue weighted by atomic mass is 9.96. The van der Waals surface area contributed by atoms with Crippen molar-refractivity contribution in [3.05, 3.63) is 59.3 Å². The number of rotatable bonds is 4. The number of benzene rings is 1. The van der Waals surface area contributed by atoms with Gasteiger partial charge < -0.3 is 10.2 Å². The van der Waals surface area contributed by atoms with E-state index in [1.165, 1.54) is 6.07 Å². The van der Waals surface area contributed by atoms with Crippen LogP contribution in [0.25, 0.3) is 6.08 Å². The Labute approximate surface area is 177 Å². The summed E-state index contributed by atoms with van der Waals surface area (Å²) in [6.45, 7) is 2.57. The van der Waals surface area contributed by atoms with Gasteiger partial charge in [-0.05, 0) is 41.5 Å². The van der Waals surface area contributed by atoms with Gasteiger partial charge in [-0.2, -0.15) is 13.2 Å². The zero-order valence-electron chi connectivity index (χ0n) is 16.7. The molecule has 1 amide bonds. The highest BCUT2D eigenvalue weighted by molar-refractivity contribution is 5.99. The molecule has 4 rings (SSSR count). The van der Waals surface area contributed by atoms with Crippen molar-refractivity contribution in [2.75, 3.05) is 42.9 Å². The number of allylic oxidation sites excluding steroid dienone is 1. The Morgan fingerprint density at radius 2 is 1.84 bits per heavy atom. The summed E-state index contributed by atoms with van der Waals surface area (Å²) in [7, 11) is 0. The van der Waals surface area contributed by atoms with Crippen molar-refractivity contribution in [3.8, 4) is 0 Å². The van der Waals surface area contributed by atoms with Crippen LogP contribution in [0.4, 0.5) is 24.7 Å². The maximum absolute atomic E-state index is 12.7. The molecule has 0 saturated carbocycles. The third-order valence-corrected chi connectivity index (χ3v) is 5.38. The number of piperazine rings is 1. The molecular weight excluding hydrogens is 409 g/mol. The van der Waals surface area contributed by atoms with Crippen molar-refractivity contribution in [2.45, 2.75) is 12.6 Å². The molecule has 0 spiro atoms. The van der Waals surface area contributed by atoms with Gasteiger partial charge in [0.2, 0.25) is 5.91 Å². The largest absolute Gasteiger partial charge is 0.417 e. The molecule has 2 aliphatic rings. The number of amides is 1. The molecule has 1 fully saturated rings. The molecule has 1 aliphatic heterocycles. The second-order valence-corrected chi connectivity index (χ2v) is 7.60. The van der Waals surface area contributed by atoms with Crippen LogP contribution >= 0.6 is 0 Å². The zero-order valence-corrected chi connectivity index (χ0v) is 16.7. The van der Waals surface area contributed by atoms with Crippen LogP contribution in [0.5, 0.6) is 0 Å². The lowest BCUT2D eigenvalue weighted by molar-refractivity contribution is -0.137. The number of nitrogens with zero attached hydrogens (tertiary/aromatic N) is 3.